The molecule has 4 rings (SSSR count). The van der Waals surface area contributed by atoms with E-state index in [-0.39, 0.29) is 29.7 Å². The molecule has 1 unspecified atom stereocenters. The van der Waals surface area contributed by atoms with Gasteiger partial charge in [0.05, 0.1) is 24.6 Å². The van der Waals surface area contributed by atoms with Crippen LogP contribution in [0, 0.1) is 11.6 Å². The van der Waals surface area contributed by atoms with Crippen molar-refractivity contribution in [3.63, 3.8) is 0 Å². The van der Waals surface area contributed by atoms with Crippen molar-refractivity contribution in [3.8, 4) is 5.75 Å². The van der Waals surface area contributed by atoms with Crippen LogP contribution in [0.2, 0.25) is 0 Å². The molecule has 1 aliphatic heterocycles. The van der Waals surface area contributed by atoms with Gasteiger partial charge in [-0.25, -0.2) is 18.6 Å². The average molecular weight is 457 g/mol. The number of benzene rings is 1. The Morgan fingerprint density at radius 2 is 2.06 bits per heavy atom. The van der Waals surface area contributed by atoms with E-state index in [4.69, 9.17) is 4.74 Å². The van der Waals surface area contributed by atoms with Gasteiger partial charge in [0, 0.05) is 43.2 Å². The average Bonchev–Trinajstić information content (AvgIpc) is 3.41. The third-order valence-electron chi connectivity index (χ3n) is 5.43. The number of anilines is 1. The number of hydrogen-bond acceptors (Lipinski definition) is 5. The lowest BCUT2D eigenvalue weighted by Gasteiger charge is -2.18. The predicted octanol–water partition coefficient (Wildman–Crippen LogP) is 2.82. The third kappa shape index (κ3) is 4.34. The van der Waals surface area contributed by atoms with Crippen LogP contribution in [0.3, 0.4) is 0 Å². The highest BCUT2D eigenvalue weighted by molar-refractivity contribution is 6.16. The van der Waals surface area contributed by atoms with Crippen molar-refractivity contribution in [1.82, 2.24) is 20.2 Å². The third-order valence-corrected chi connectivity index (χ3v) is 5.43. The quantitative estimate of drug-likeness (QED) is 0.510. The normalized spacial score (nSPS) is 15.5. The van der Waals surface area contributed by atoms with E-state index >= 15 is 4.39 Å². The second-order valence-electron chi connectivity index (χ2n) is 7.65. The Morgan fingerprint density at radius 1 is 1.27 bits per heavy atom. The van der Waals surface area contributed by atoms with Gasteiger partial charge >= 0.3 is 6.03 Å². The number of hydrogen-bond donors (Lipinski definition) is 3. The predicted molar refractivity (Wildman–Crippen MR) is 115 cm³/mol. The number of amides is 3. The number of methoxy groups -OCH3 is 1. The maximum Gasteiger partial charge on any atom is 0.321 e. The smallest absolute Gasteiger partial charge is 0.321 e. The lowest BCUT2D eigenvalue weighted by atomic mass is 10.0. The lowest BCUT2D eigenvalue weighted by molar-refractivity contribution is -0.119. The molecule has 0 spiro atoms. The Kier molecular flexibility index (Phi) is 5.95. The van der Waals surface area contributed by atoms with Gasteiger partial charge in [-0.3, -0.25) is 9.59 Å². The number of nitrogens with one attached hydrogen (secondary N) is 3. The van der Waals surface area contributed by atoms with Crippen LogP contribution in [0.5, 0.6) is 5.75 Å². The number of ether oxygens (including phenoxy) is 1. The minimum Gasteiger partial charge on any atom is -0.495 e. The first kappa shape index (κ1) is 22.2. The summed E-state index contributed by atoms with van der Waals surface area (Å²) in [5.41, 5.74) is -0.764. The minimum atomic E-state index is -1.18. The summed E-state index contributed by atoms with van der Waals surface area (Å²) in [7, 11) is 1.43. The lowest BCUT2D eigenvalue weighted by Crippen LogP contribution is -2.39. The molecule has 1 saturated heterocycles. The highest BCUT2D eigenvalue weighted by Crippen LogP contribution is 2.28. The van der Waals surface area contributed by atoms with Crippen LogP contribution in [-0.2, 0) is 4.79 Å². The van der Waals surface area contributed by atoms with Crippen molar-refractivity contribution in [2.45, 2.75) is 19.4 Å². The van der Waals surface area contributed by atoms with Gasteiger partial charge in [-0.1, -0.05) is 0 Å². The van der Waals surface area contributed by atoms with Crippen LogP contribution in [0.1, 0.15) is 29.3 Å². The number of likely N-dealkylation sites (tertiary alicyclic amines) is 1. The van der Waals surface area contributed by atoms with Crippen molar-refractivity contribution in [3.05, 3.63) is 53.4 Å². The zero-order valence-electron chi connectivity index (χ0n) is 17.9. The number of H-pyrrole nitrogens is 1. The topological polar surface area (TPSA) is 116 Å². The van der Waals surface area contributed by atoms with Crippen LogP contribution >= 0.6 is 0 Å². The first-order valence-electron chi connectivity index (χ1n) is 10.1. The van der Waals surface area contributed by atoms with Gasteiger partial charge in [-0.05, 0) is 24.6 Å². The van der Waals surface area contributed by atoms with Gasteiger partial charge in [0.15, 0.2) is 5.82 Å². The molecule has 3 heterocycles. The molecule has 2 aromatic heterocycles. The van der Waals surface area contributed by atoms with E-state index in [9.17, 15) is 18.8 Å². The summed E-state index contributed by atoms with van der Waals surface area (Å²) in [6.45, 7) is 1.99. The second kappa shape index (κ2) is 8.85. The maximum atomic E-state index is 15.2. The van der Waals surface area contributed by atoms with Crippen molar-refractivity contribution < 1.29 is 27.9 Å². The summed E-state index contributed by atoms with van der Waals surface area (Å²) in [5, 5.41) is 5.46. The van der Waals surface area contributed by atoms with Gasteiger partial charge in [0.25, 0.3) is 0 Å². The van der Waals surface area contributed by atoms with Crippen LogP contribution < -0.4 is 15.4 Å². The number of aromatic amines is 1. The summed E-state index contributed by atoms with van der Waals surface area (Å²) in [6, 6.07) is 2.69. The number of aromatic nitrogens is 2. The van der Waals surface area contributed by atoms with Crippen molar-refractivity contribution in [2.24, 2.45) is 0 Å². The summed E-state index contributed by atoms with van der Waals surface area (Å²) < 4.78 is 34.9. The molecule has 0 bridgehead atoms. The molecule has 3 aromatic rings. The fraction of sp³-hybridized carbons (Fsp3) is 0.273. The number of pyridine rings is 1. The van der Waals surface area contributed by atoms with Crippen LogP contribution in [0.25, 0.3) is 11.0 Å². The van der Waals surface area contributed by atoms with E-state index in [2.05, 4.69) is 20.6 Å². The van der Waals surface area contributed by atoms with Gasteiger partial charge in [-0.15, -0.1) is 0 Å². The van der Waals surface area contributed by atoms with Crippen molar-refractivity contribution in [2.75, 3.05) is 25.5 Å². The zero-order valence-corrected chi connectivity index (χ0v) is 17.9. The van der Waals surface area contributed by atoms with Crippen molar-refractivity contribution >= 4 is 34.4 Å². The Morgan fingerprint density at radius 3 is 2.79 bits per heavy atom. The second-order valence-corrected chi connectivity index (χ2v) is 7.65. The van der Waals surface area contributed by atoms with E-state index in [0.717, 1.165) is 12.1 Å². The Hall–Kier alpha value is -4.02. The molecule has 1 fully saturated rings. The molecule has 1 atom stereocenters. The number of carbonyl (C=O) groups excluding carboxylic acids is 3. The molecular weight excluding hydrogens is 436 g/mol. The SMILES string of the molecule is COc1cnc2[nH]cc(C(=O)c3c(F)ccc(NC(=O)N4CCC(NC(C)=O)C4)c3F)c2c1. The Bertz CT molecular complexity index is 1260. The van der Waals surface area contributed by atoms with Crippen LogP contribution in [-0.4, -0.2) is 58.8 Å². The molecule has 3 amide bonds. The van der Waals surface area contributed by atoms with E-state index in [0.29, 0.717) is 29.7 Å². The number of halogens is 2. The van der Waals surface area contributed by atoms with E-state index in [1.54, 1.807) is 0 Å². The fourth-order valence-electron chi connectivity index (χ4n) is 3.82. The number of carbonyl (C=O) groups is 3. The molecule has 11 heteroatoms. The molecule has 172 valence electrons. The monoisotopic (exact) mass is 457 g/mol. The molecule has 1 aromatic carbocycles. The van der Waals surface area contributed by atoms with E-state index < -0.39 is 29.0 Å². The van der Waals surface area contributed by atoms with Crippen LogP contribution in [0.4, 0.5) is 19.3 Å². The summed E-state index contributed by atoms with van der Waals surface area (Å²) in [4.78, 5) is 45.1. The van der Waals surface area contributed by atoms with Gasteiger partial charge < -0.3 is 25.3 Å². The molecule has 0 aliphatic carbocycles. The first-order chi connectivity index (χ1) is 15.8. The summed E-state index contributed by atoms with van der Waals surface area (Å²) in [6.07, 6.45) is 3.32. The fourth-order valence-corrected chi connectivity index (χ4v) is 3.82. The number of rotatable bonds is 5. The number of fused-ring (bicyclic) bond motifs is 1. The van der Waals surface area contributed by atoms with Crippen LogP contribution in [0.15, 0.2) is 30.6 Å². The zero-order chi connectivity index (χ0) is 23.7. The largest absolute Gasteiger partial charge is 0.495 e. The molecule has 3 N–H and O–H groups in total. The summed E-state index contributed by atoms with van der Waals surface area (Å²) in [5.74, 6) is -2.99. The highest BCUT2D eigenvalue weighted by Gasteiger charge is 2.29. The number of nitrogens with zero attached hydrogens (tertiary/aromatic N) is 2. The molecule has 0 radical (unpaired) electrons. The molecule has 0 saturated carbocycles. The van der Waals surface area contributed by atoms with Gasteiger partial charge in [0.2, 0.25) is 11.7 Å². The maximum absolute atomic E-state index is 15.2. The standard InChI is InChI=1S/C22H21F2N5O4/c1-11(30)27-12-5-6-29(10-12)22(32)28-17-4-3-16(23)18(19(17)24)20(31)15-9-26-21-14(15)7-13(33-2)8-25-21/h3-4,7-9,12H,5-6,10H2,1-2H3,(H,25,26)(H,27,30)(H,28,32). The number of ketones is 1. The van der Waals surface area contributed by atoms with E-state index in [1.165, 1.54) is 37.4 Å². The van der Waals surface area contributed by atoms with E-state index in [1.807, 2.05) is 0 Å². The molecule has 33 heavy (non-hydrogen) atoms. The molecule has 9 nitrogen and oxygen atoms in total. The van der Waals surface area contributed by atoms with Gasteiger partial charge in [0.1, 0.15) is 17.2 Å². The first-order valence-corrected chi connectivity index (χ1v) is 10.1. The molecule has 1 aliphatic rings. The highest BCUT2D eigenvalue weighted by atomic mass is 19.1. The minimum absolute atomic E-state index is 0.00960. The number of urea groups is 1. The Labute approximate surface area is 187 Å². The van der Waals surface area contributed by atoms with Gasteiger partial charge in [-0.2, -0.15) is 0 Å². The summed E-state index contributed by atoms with van der Waals surface area (Å²) >= 11 is 0. The molecular formula is C22H21F2N5O4. The Balaban J connectivity index is 1.59. The van der Waals surface area contributed by atoms with Crippen molar-refractivity contribution in [1.29, 1.82) is 0 Å².